The zero-order chi connectivity index (χ0) is 15.5. The molecule has 1 aromatic rings. The normalized spacial score (nSPS) is 24.0. The Kier molecular flexibility index (Phi) is 2.90. The van der Waals surface area contributed by atoms with Gasteiger partial charge < -0.3 is 19.9 Å². The Hall–Kier alpha value is -2.16. The van der Waals surface area contributed by atoms with E-state index in [2.05, 4.69) is 5.10 Å². The lowest BCUT2D eigenvalue weighted by Crippen LogP contribution is -2.51. The molecule has 10 heteroatoms. The third-order valence-electron chi connectivity index (χ3n) is 3.93. The van der Waals surface area contributed by atoms with Gasteiger partial charge in [-0.05, 0) is 11.3 Å². The van der Waals surface area contributed by atoms with Crippen molar-refractivity contribution in [3.63, 3.8) is 0 Å². The highest BCUT2D eigenvalue weighted by Crippen LogP contribution is 2.38. The third-order valence-corrected chi connectivity index (χ3v) is 4.28. The molecule has 0 radical (unpaired) electrons. The summed E-state index contributed by atoms with van der Waals surface area (Å²) in [5.41, 5.74) is -0.0635. The van der Waals surface area contributed by atoms with Crippen molar-refractivity contribution in [1.29, 1.82) is 0 Å². The lowest BCUT2D eigenvalue weighted by Gasteiger charge is -2.31. The fourth-order valence-corrected chi connectivity index (χ4v) is 2.98. The minimum atomic E-state index is -0.742. The molecule has 0 spiro atoms. The molecule has 112 valence electrons. The molecule has 21 heavy (non-hydrogen) atoms. The molecular weight excluding hydrogens is 302 g/mol. The summed E-state index contributed by atoms with van der Waals surface area (Å²) < 4.78 is 1.09. The average Bonchev–Trinajstić information content (AvgIpc) is 3.14. The number of hydrogen-bond donors (Lipinski definition) is 0. The molecule has 2 atom stereocenters. The second-order valence-corrected chi connectivity index (χ2v) is 5.55. The molecule has 2 fully saturated rings. The van der Waals surface area contributed by atoms with Gasteiger partial charge in [0, 0.05) is 7.05 Å². The number of nitrogens with zero attached hydrogens (tertiary/aromatic N) is 5. The van der Waals surface area contributed by atoms with Gasteiger partial charge in [-0.1, -0.05) is 11.6 Å². The van der Waals surface area contributed by atoms with Crippen LogP contribution in [0.4, 0.5) is 5.82 Å². The van der Waals surface area contributed by atoms with E-state index in [1.165, 1.54) is 11.9 Å². The fraction of sp³-hybridized carbons (Fsp3) is 0.545. The van der Waals surface area contributed by atoms with Crippen molar-refractivity contribution in [3.05, 3.63) is 20.8 Å². The van der Waals surface area contributed by atoms with E-state index in [0.717, 1.165) is 4.68 Å². The van der Waals surface area contributed by atoms with Crippen molar-refractivity contribution >= 4 is 29.2 Å². The number of carbonyl (C=O) groups excluding carboxylic acids is 2. The Bertz CT molecular complexity index is 672. The number of nitro groups is 1. The van der Waals surface area contributed by atoms with Crippen molar-refractivity contribution < 1.29 is 14.5 Å². The topological polar surface area (TPSA) is 102 Å². The van der Waals surface area contributed by atoms with Crippen LogP contribution in [0.15, 0.2) is 0 Å². The van der Waals surface area contributed by atoms with Crippen LogP contribution in [0.3, 0.4) is 0 Å². The summed E-state index contributed by atoms with van der Waals surface area (Å²) in [6.07, 6.45) is 0.714. The summed E-state index contributed by atoms with van der Waals surface area (Å²) in [4.78, 5) is 37.5. The predicted octanol–water partition coefficient (Wildman–Crippen LogP) is 0.0368. The number of likely N-dealkylation sites (N-methyl/N-ethyl adjacent to an activating group) is 1. The summed E-state index contributed by atoms with van der Waals surface area (Å²) in [6.45, 7) is -0.0498. The first-order valence-electron chi connectivity index (χ1n) is 6.26. The van der Waals surface area contributed by atoms with Gasteiger partial charge in [0.25, 0.3) is 5.91 Å². The number of rotatable bonds is 2. The van der Waals surface area contributed by atoms with Gasteiger partial charge in [0.05, 0.1) is 24.2 Å². The van der Waals surface area contributed by atoms with E-state index in [4.69, 9.17) is 11.6 Å². The van der Waals surface area contributed by atoms with E-state index in [0.29, 0.717) is 6.42 Å². The van der Waals surface area contributed by atoms with Crippen molar-refractivity contribution in [2.75, 3.05) is 13.6 Å². The maximum absolute atomic E-state index is 12.6. The van der Waals surface area contributed by atoms with E-state index < -0.39 is 16.6 Å². The smallest absolute Gasteiger partial charge is 0.358 e. The maximum atomic E-state index is 12.6. The van der Waals surface area contributed by atoms with E-state index in [1.807, 2.05) is 0 Å². The minimum absolute atomic E-state index is 0.0252. The van der Waals surface area contributed by atoms with Gasteiger partial charge in [0.15, 0.2) is 10.7 Å². The van der Waals surface area contributed by atoms with Gasteiger partial charge in [0.2, 0.25) is 5.91 Å². The Morgan fingerprint density at radius 2 is 2.10 bits per heavy atom. The average molecular weight is 314 g/mol. The predicted molar refractivity (Wildman–Crippen MR) is 70.9 cm³/mol. The first kappa shape index (κ1) is 13.8. The number of fused-ring (bicyclic) bond motifs is 1. The van der Waals surface area contributed by atoms with Crippen LogP contribution in [0.5, 0.6) is 0 Å². The summed E-state index contributed by atoms with van der Waals surface area (Å²) in [7, 11) is 3.12. The zero-order valence-electron chi connectivity index (χ0n) is 11.3. The minimum Gasteiger partial charge on any atom is -0.358 e. The van der Waals surface area contributed by atoms with Crippen LogP contribution in [-0.4, -0.2) is 62.0 Å². The molecule has 0 bridgehead atoms. The summed E-state index contributed by atoms with van der Waals surface area (Å²) in [5.74, 6) is -1.22. The molecule has 1 aromatic heterocycles. The highest BCUT2D eigenvalue weighted by Gasteiger charge is 2.53. The zero-order valence-corrected chi connectivity index (χ0v) is 12.1. The number of aromatic nitrogens is 2. The summed E-state index contributed by atoms with van der Waals surface area (Å²) in [6, 6.07) is -0.0255. The van der Waals surface area contributed by atoms with Crippen LogP contribution in [0.25, 0.3) is 0 Å². The molecular formula is C11H12ClN5O4. The number of halogens is 1. The highest BCUT2D eigenvalue weighted by molar-refractivity contribution is 6.35. The van der Waals surface area contributed by atoms with Crippen molar-refractivity contribution in [2.24, 2.45) is 7.05 Å². The first-order chi connectivity index (χ1) is 9.82. The highest BCUT2D eigenvalue weighted by atomic mass is 35.5. The third kappa shape index (κ3) is 1.96. The molecule has 9 nitrogen and oxygen atoms in total. The molecule has 2 amide bonds. The van der Waals surface area contributed by atoms with Gasteiger partial charge in [-0.3, -0.25) is 9.59 Å². The molecule has 0 N–H and O–H groups in total. The lowest BCUT2D eigenvalue weighted by molar-refractivity contribution is -0.389. The van der Waals surface area contributed by atoms with Crippen molar-refractivity contribution in [1.82, 2.24) is 19.6 Å². The fourth-order valence-electron chi connectivity index (χ4n) is 2.67. The second-order valence-electron chi connectivity index (χ2n) is 5.18. The van der Waals surface area contributed by atoms with E-state index in [-0.39, 0.29) is 35.3 Å². The van der Waals surface area contributed by atoms with Crippen LogP contribution in [0, 0.1) is 10.1 Å². The SMILES string of the molecule is CN1C(=O)CN(C(=O)c2c(Cl)c([N+](=O)[O-])nn2C)[C@H]2C[C@H]21. The van der Waals surface area contributed by atoms with Gasteiger partial charge in [-0.25, -0.2) is 0 Å². The second kappa shape index (κ2) is 4.42. The van der Waals surface area contributed by atoms with Gasteiger partial charge in [-0.15, -0.1) is 0 Å². The lowest BCUT2D eigenvalue weighted by atomic mass is 10.2. The largest absolute Gasteiger partial charge is 0.409 e. The Balaban J connectivity index is 1.93. The standard InChI is InChI=1S/C11H12ClN5O4/c1-14-5-3-6(5)16(4-7(14)18)11(19)9-8(12)10(17(20)21)13-15(9)2/h5-6H,3-4H2,1-2H3/t5-,6+/m1/s1. The molecule has 2 aliphatic rings. The Labute approximate surface area is 124 Å². The van der Waals surface area contributed by atoms with Crippen LogP contribution in [-0.2, 0) is 11.8 Å². The monoisotopic (exact) mass is 313 g/mol. The van der Waals surface area contributed by atoms with Crippen LogP contribution in [0.1, 0.15) is 16.9 Å². The molecule has 1 saturated heterocycles. The maximum Gasteiger partial charge on any atom is 0.409 e. The molecule has 2 heterocycles. The van der Waals surface area contributed by atoms with Gasteiger partial charge in [0.1, 0.15) is 6.54 Å². The van der Waals surface area contributed by atoms with Crippen molar-refractivity contribution in [3.8, 4) is 0 Å². The summed E-state index contributed by atoms with van der Waals surface area (Å²) >= 11 is 5.90. The molecule has 3 rings (SSSR count). The van der Waals surface area contributed by atoms with E-state index in [9.17, 15) is 19.7 Å². The number of aryl methyl sites for hydroxylation is 1. The summed E-state index contributed by atoms with van der Waals surface area (Å²) in [5, 5.41) is 14.2. The van der Waals surface area contributed by atoms with E-state index in [1.54, 1.807) is 11.9 Å². The molecule has 0 unspecified atom stereocenters. The quantitative estimate of drug-likeness (QED) is 0.566. The number of hydrogen-bond acceptors (Lipinski definition) is 5. The Morgan fingerprint density at radius 1 is 1.43 bits per heavy atom. The molecule has 1 aliphatic heterocycles. The number of carbonyl (C=O) groups is 2. The van der Waals surface area contributed by atoms with Crippen LogP contribution in [0.2, 0.25) is 5.02 Å². The molecule has 1 aliphatic carbocycles. The molecule has 1 saturated carbocycles. The van der Waals surface area contributed by atoms with Crippen LogP contribution >= 0.6 is 11.6 Å². The molecule has 0 aromatic carbocycles. The van der Waals surface area contributed by atoms with Gasteiger partial charge >= 0.3 is 5.82 Å². The van der Waals surface area contributed by atoms with Crippen LogP contribution < -0.4 is 0 Å². The first-order valence-corrected chi connectivity index (χ1v) is 6.64. The Morgan fingerprint density at radius 3 is 2.67 bits per heavy atom. The van der Waals surface area contributed by atoms with E-state index >= 15 is 0 Å². The van der Waals surface area contributed by atoms with Gasteiger partial charge in [-0.2, -0.15) is 4.68 Å². The number of amides is 2. The van der Waals surface area contributed by atoms with Crippen molar-refractivity contribution in [2.45, 2.75) is 18.5 Å². The number of piperazine rings is 1.